The molecule has 0 aliphatic rings. The van der Waals surface area contributed by atoms with Crippen molar-refractivity contribution >= 4 is 5.71 Å². The van der Waals surface area contributed by atoms with Crippen LogP contribution in [0.15, 0.2) is 29.4 Å². The molecular formula is C13H19NO3. The van der Waals surface area contributed by atoms with Crippen LogP contribution in [0.25, 0.3) is 0 Å². The Morgan fingerprint density at radius 3 is 2.47 bits per heavy atom. The summed E-state index contributed by atoms with van der Waals surface area (Å²) in [5.74, 6) is 0.792. The highest BCUT2D eigenvalue weighted by atomic mass is 16.5. The number of hydrogen-bond donors (Lipinski definition) is 2. The Hall–Kier alpha value is -1.55. The van der Waals surface area contributed by atoms with Crippen LogP contribution in [0.4, 0.5) is 0 Å². The number of aliphatic hydroxyl groups excluding tert-OH is 1. The first-order chi connectivity index (χ1) is 8.31. The Labute approximate surface area is 102 Å². The normalized spacial score (nSPS) is 11.5. The number of aliphatic hydroxyl groups is 1. The molecule has 0 heterocycles. The quantitative estimate of drug-likeness (QED) is 0.331. The van der Waals surface area contributed by atoms with E-state index in [4.69, 9.17) is 15.1 Å². The molecule has 1 aromatic rings. The van der Waals surface area contributed by atoms with E-state index in [9.17, 15) is 0 Å². The molecule has 0 aliphatic heterocycles. The van der Waals surface area contributed by atoms with Gasteiger partial charge in [0, 0.05) is 6.61 Å². The third-order valence-electron chi connectivity index (χ3n) is 2.46. The summed E-state index contributed by atoms with van der Waals surface area (Å²) in [5, 5.41) is 20.6. The molecule has 1 rings (SSSR count). The van der Waals surface area contributed by atoms with Crippen LogP contribution in [0.3, 0.4) is 0 Å². The maximum absolute atomic E-state index is 8.78. The lowest BCUT2D eigenvalue weighted by Gasteiger charge is -2.07. The first-order valence-corrected chi connectivity index (χ1v) is 5.86. The highest BCUT2D eigenvalue weighted by molar-refractivity contribution is 6.00. The molecule has 0 unspecified atom stereocenters. The summed E-state index contributed by atoms with van der Waals surface area (Å²) in [6.07, 6.45) is 2.29. The van der Waals surface area contributed by atoms with Gasteiger partial charge in [0.05, 0.1) is 12.3 Å². The van der Waals surface area contributed by atoms with E-state index in [0.29, 0.717) is 18.7 Å². The molecule has 0 saturated heterocycles. The van der Waals surface area contributed by atoms with Crippen molar-refractivity contribution in [3.05, 3.63) is 29.8 Å². The second-order valence-corrected chi connectivity index (χ2v) is 3.70. The Morgan fingerprint density at radius 2 is 1.94 bits per heavy atom. The summed E-state index contributed by atoms with van der Waals surface area (Å²) in [7, 11) is 0. The molecule has 94 valence electrons. The fourth-order valence-electron chi connectivity index (χ4n) is 1.48. The predicted octanol–water partition coefficient (Wildman–Crippen LogP) is 2.43. The largest absolute Gasteiger partial charge is 0.494 e. The molecule has 4 heteroatoms. The maximum atomic E-state index is 8.78. The van der Waals surface area contributed by atoms with Crippen molar-refractivity contribution in [1.82, 2.24) is 0 Å². The van der Waals surface area contributed by atoms with Crippen molar-refractivity contribution in [3.8, 4) is 5.75 Å². The predicted molar refractivity (Wildman–Crippen MR) is 66.9 cm³/mol. The van der Waals surface area contributed by atoms with Crippen LogP contribution >= 0.6 is 0 Å². The third kappa shape index (κ3) is 4.44. The van der Waals surface area contributed by atoms with Gasteiger partial charge in [0.1, 0.15) is 5.75 Å². The average Bonchev–Trinajstić information content (AvgIpc) is 2.38. The van der Waals surface area contributed by atoms with E-state index in [2.05, 4.69) is 5.16 Å². The fraction of sp³-hybridized carbons (Fsp3) is 0.462. The van der Waals surface area contributed by atoms with Crippen LogP contribution in [-0.4, -0.2) is 29.2 Å². The number of ether oxygens (including phenoxy) is 1. The Morgan fingerprint density at radius 1 is 1.24 bits per heavy atom. The highest BCUT2D eigenvalue weighted by Gasteiger charge is 2.01. The molecule has 17 heavy (non-hydrogen) atoms. The molecule has 0 bridgehead atoms. The number of unbranched alkanes of at least 4 members (excludes halogenated alkanes) is 1. The van der Waals surface area contributed by atoms with E-state index in [-0.39, 0.29) is 6.61 Å². The fourth-order valence-corrected chi connectivity index (χ4v) is 1.48. The van der Waals surface area contributed by atoms with Gasteiger partial charge in [-0.25, -0.2) is 0 Å². The summed E-state index contributed by atoms with van der Waals surface area (Å²) in [5.41, 5.74) is 1.56. The van der Waals surface area contributed by atoms with E-state index in [1.54, 1.807) is 0 Å². The molecule has 0 spiro atoms. The molecule has 0 amide bonds. The molecule has 0 radical (unpaired) electrons. The van der Waals surface area contributed by atoms with Gasteiger partial charge in [-0.3, -0.25) is 0 Å². The number of rotatable bonds is 7. The van der Waals surface area contributed by atoms with Gasteiger partial charge in [0.15, 0.2) is 0 Å². The third-order valence-corrected chi connectivity index (χ3v) is 2.46. The van der Waals surface area contributed by atoms with Crippen LogP contribution in [0.5, 0.6) is 5.75 Å². The SMILES string of the molecule is CCC(=NO)c1ccc(OCCCCO)cc1. The zero-order valence-corrected chi connectivity index (χ0v) is 10.1. The lowest BCUT2D eigenvalue weighted by molar-refractivity contribution is 0.253. The van der Waals surface area contributed by atoms with E-state index in [0.717, 1.165) is 24.2 Å². The Balaban J connectivity index is 2.50. The average molecular weight is 237 g/mol. The van der Waals surface area contributed by atoms with Crippen molar-refractivity contribution in [2.75, 3.05) is 13.2 Å². The van der Waals surface area contributed by atoms with Crippen molar-refractivity contribution < 1.29 is 15.1 Å². The lowest BCUT2D eigenvalue weighted by atomic mass is 10.1. The second kappa shape index (κ2) is 7.68. The van der Waals surface area contributed by atoms with Crippen LogP contribution in [-0.2, 0) is 0 Å². The summed E-state index contributed by atoms with van der Waals surface area (Å²) >= 11 is 0. The topological polar surface area (TPSA) is 62.1 Å². The number of benzene rings is 1. The van der Waals surface area contributed by atoms with Gasteiger partial charge in [-0.05, 0) is 49.1 Å². The summed E-state index contributed by atoms with van der Waals surface area (Å²) in [6.45, 7) is 2.75. The molecule has 4 nitrogen and oxygen atoms in total. The molecule has 0 atom stereocenters. The summed E-state index contributed by atoms with van der Waals surface area (Å²) < 4.78 is 5.50. The zero-order chi connectivity index (χ0) is 12.5. The van der Waals surface area contributed by atoms with Crippen molar-refractivity contribution in [3.63, 3.8) is 0 Å². The van der Waals surface area contributed by atoms with E-state index in [1.165, 1.54) is 0 Å². The molecule has 0 saturated carbocycles. The van der Waals surface area contributed by atoms with Crippen molar-refractivity contribution in [1.29, 1.82) is 0 Å². The molecular weight excluding hydrogens is 218 g/mol. The van der Waals surface area contributed by atoms with Crippen molar-refractivity contribution in [2.24, 2.45) is 5.16 Å². The molecule has 0 fully saturated rings. The standard InChI is InChI=1S/C13H19NO3/c1-2-13(14-16)11-5-7-12(8-6-11)17-10-4-3-9-15/h5-8,15-16H,2-4,9-10H2,1H3. The maximum Gasteiger partial charge on any atom is 0.119 e. The number of hydrogen-bond acceptors (Lipinski definition) is 4. The molecule has 1 aromatic carbocycles. The van der Waals surface area contributed by atoms with Gasteiger partial charge >= 0.3 is 0 Å². The number of nitrogens with zero attached hydrogens (tertiary/aromatic N) is 1. The Bertz CT molecular complexity index is 346. The molecule has 2 N–H and O–H groups in total. The molecule has 0 aliphatic carbocycles. The smallest absolute Gasteiger partial charge is 0.119 e. The lowest BCUT2D eigenvalue weighted by Crippen LogP contribution is -2.01. The highest BCUT2D eigenvalue weighted by Crippen LogP contribution is 2.14. The second-order valence-electron chi connectivity index (χ2n) is 3.70. The Kier molecular flexibility index (Phi) is 6.10. The van der Waals surface area contributed by atoms with Crippen LogP contribution in [0.1, 0.15) is 31.7 Å². The van der Waals surface area contributed by atoms with Gasteiger partial charge in [-0.2, -0.15) is 0 Å². The van der Waals surface area contributed by atoms with Crippen LogP contribution in [0, 0.1) is 0 Å². The van der Waals surface area contributed by atoms with Crippen molar-refractivity contribution in [2.45, 2.75) is 26.2 Å². The first-order valence-electron chi connectivity index (χ1n) is 5.86. The van der Waals surface area contributed by atoms with Gasteiger partial charge in [-0.15, -0.1) is 0 Å². The van der Waals surface area contributed by atoms with Crippen LogP contribution < -0.4 is 4.74 Å². The van der Waals surface area contributed by atoms with E-state index < -0.39 is 0 Å². The van der Waals surface area contributed by atoms with Gasteiger partial charge in [0.25, 0.3) is 0 Å². The minimum atomic E-state index is 0.203. The summed E-state index contributed by atoms with van der Waals surface area (Å²) in [6, 6.07) is 7.46. The van der Waals surface area contributed by atoms with Gasteiger partial charge in [0.2, 0.25) is 0 Å². The summed E-state index contributed by atoms with van der Waals surface area (Å²) in [4.78, 5) is 0. The monoisotopic (exact) mass is 237 g/mol. The van der Waals surface area contributed by atoms with Gasteiger partial charge in [-0.1, -0.05) is 12.1 Å². The minimum absolute atomic E-state index is 0.203. The minimum Gasteiger partial charge on any atom is -0.494 e. The van der Waals surface area contributed by atoms with Gasteiger partial charge < -0.3 is 15.1 Å². The number of oxime groups is 1. The first kappa shape index (κ1) is 13.5. The van der Waals surface area contributed by atoms with Crippen LogP contribution in [0.2, 0.25) is 0 Å². The van der Waals surface area contributed by atoms with E-state index >= 15 is 0 Å². The zero-order valence-electron chi connectivity index (χ0n) is 10.1. The van der Waals surface area contributed by atoms with E-state index in [1.807, 2.05) is 31.2 Å². The molecule has 0 aromatic heterocycles.